The van der Waals surface area contributed by atoms with E-state index < -0.39 is 5.60 Å². The molecule has 0 aromatic carbocycles. The average molecular weight is 300 g/mol. The maximum atomic E-state index is 12.0. The normalized spacial score (nSPS) is 18.7. The molecule has 1 N–H and O–H groups in total. The lowest BCUT2D eigenvalue weighted by Gasteiger charge is -2.39. The van der Waals surface area contributed by atoms with Crippen molar-refractivity contribution in [3.05, 3.63) is 30.1 Å². The number of likely N-dealkylation sites (tertiary alicyclic amines) is 1. The summed E-state index contributed by atoms with van der Waals surface area (Å²) in [5.74, 6) is 0. The number of carbonyl (C=O) groups excluding carboxylic acids is 1. The van der Waals surface area contributed by atoms with Crippen molar-refractivity contribution in [2.45, 2.75) is 38.8 Å². The van der Waals surface area contributed by atoms with Gasteiger partial charge in [-0.25, -0.2) is 9.78 Å². The average Bonchev–Trinajstić information content (AvgIpc) is 2.82. The van der Waals surface area contributed by atoms with Crippen molar-refractivity contribution < 1.29 is 9.53 Å². The van der Waals surface area contributed by atoms with Crippen LogP contribution in [0.2, 0.25) is 0 Å². The predicted octanol–water partition coefficient (Wildman–Crippen LogP) is 2.98. The lowest BCUT2D eigenvalue weighted by molar-refractivity contribution is 0.00292. The highest BCUT2D eigenvalue weighted by Gasteiger charge is 2.33. The Kier molecular flexibility index (Phi) is 3.60. The first-order valence-electron chi connectivity index (χ1n) is 7.39. The van der Waals surface area contributed by atoms with Gasteiger partial charge in [-0.05, 0) is 38.8 Å². The van der Waals surface area contributed by atoms with Gasteiger partial charge in [0, 0.05) is 18.1 Å². The number of ether oxygens (including phenoxy) is 1. The highest BCUT2D eigenvalue weighted by Crippen LogP contribution is 2.23. The molecule has 6 heteroatoms. The van der Waals surface area contributed by atoms with Crippen LogP contribution < -0.4 is 0 Å². The van der Waals surface area contributed by atoms with Gasteiger partial charge in [0.25, 0.3) is 0 Å². The van der Waals surface area contributed by atoms with Crippen LogP contribution >= 0.6 is 0 Å². The van der Waals surface area contributed by atoms with Crippen LogP contribution in [0.25, 0.3) is 17.1 Å². The lowest BCUT2D eigenvalue weighted by atomic mass is 10.0. The van der Waals surface area contributed by atoms with Gasteiger partial charge in [-0.15, -0.1) is 0 Å². The first kappa shape index (κ1) is 14.6. The second-order valence-electron chi connectivity index (χ2n) is 6.47. The molecule has 1 amide bonds. The lowest BCUT2D eigenvalue weighted by Crippen LogP contribution is -2.51. The number of aromatic nitrogens is 3. The number of hydrogen-bond acceptors (Lipinski definition) is 4. The summed E-state index contributed by atoms with van der Waals surface area (Å²) in [6.07, 6.45) is 8.24. The molecule has 1 aliphatic heterocycles. The molecule has 2 aromatic heterocycles. The summed E-state index contributed by atoms with van der Waals surface area (Å²) in [7, 11) is 0. The second kappa shape index (κ2) is 5.44. The number of rotatable bonds is 2. The molecule has 2 aromatic rings. The van der Waals surface area contributed by atoms with Gasteiger partial charge >= 0.3 is 6.09 Å². The third-order valence-electron chi connectivity index (χ3n) is 3.52. The molecule has 0 aliphatic carbocycles. The Morgan fingerprint density at radius 2 is 2.27 bits per heavy atom. The van der Waals surface area contributed by atoms with Crippen molar-refractivity contribution in [3.8, 4) is 0 Å². The maximum absolute atomic E-state index is 12.0. The summed E-state index contributed by atoms with van der Waals surface area (Å²) in [6, 6.07) is 2.11. The van der Waals surface area contributed by atoms with E-state index in [9.17, 15) is 4.79 Å². The van der Waals surface area contributed by atoms with Crippen LogP contribution in [0.1, 0.15) is 32.8 Å². The van der Waals surface area contributed by atoms with Crippen LogP contribution in [0.3, 0.4) is 0 Å². The second-order valence-corrected chi connectivity index (χ2v) is 6.47. The quantitative estimate of drug-likeness (QED) is 0.925. The molecule has 0 saturated carbocycles. The molecule has 1 aliphatic rings. The Hall–Kier alpha value is -2.37. The molecule has 1 atom stereocenters. The fourth-order valence-corrected chi connectivity index (χ4v) is 2.32. The van der Waals surface area contributed by atoms with E-state index >= 15 is 0 Å². The summed E-state index contributed by atoms with van der Waals surface area (Å²) >= 11 is 0. The first-order chi connectivity index (χ1) is 10.4. The molecular weight excluding hydrogens is 280 g/mol. The standard InChI is InChI=1S/C16H20N4O2/c1-16(2,3)22-15(21)20-7-6-13(20)5-4-11-8-12-10-18-19-14(12)17-9-11/h4-5,8-10,13H,6-7H2,1-3H3,(H,17,18,19)/b5-4+. The van der Waals surface area contributed by atoms with E-state index in [1.54, 1.807) is 17.3 Å². The van der Waals surface area contributed by atoms with Crippen LogP contribution in [0.4, 0.5) is 4.79 Å². The van der Waals surface area contributed by atoms with Crippen LogP contribution in [0, 0.1) is 0 Å². The van der Waals surface area contributed by atoms with Crippen molar-refractivity contribution in [1.29, 1.82) is 0 Å². The first-order valence-corrected chi connectivity index (χ1v) is 7.39. The Morgan fingerprint density at radius 1 is 1.45 bits per heavy atom. The fraction of sp³-hybridized carbons (Fsp3) is 0.438. The van der Waals surface area contributed by atoms with Gasteiger partial charge in [0.1, 0.15) is 5.60 Å². The zero-order valence-corrected chi connectivity index (χ0v) is 13.0. The Labute approximate surface area is 129 Å². The molecule has 1 unspecified atom stereocenters. The van der Waals surface area contributed by atoms with Gasteiger partial charge in [-0.2, -0.15) is 5.10 Å². The molecule has 116 valence electrons. The Bertz CT molecular complexity index is 714. The van der Waals surface area contributed by atoms with Crippen molar-refractivity contribution in [1.82, 2.24) is 20.1 Å². The molecule has 22 heavy (non-hydrogen) atoms. The molecule has 1 saturated heterocycles. The van der Waals surface area contributed by atoms with Gasteiger partial charge in [0.05, 0.1) is 12.2 Å². The zero-order valence-electron chi connectivity index (χ0n) is 13.0. The molecular formula is C16H20N4O2. The minimum atomic E-state index is -0.461. The Balaban J connectivity index is 1.66. The maximum Gasteiger partial charge on any atom is 0.410 e. The number of H-pyrrole nitrogens is 1. The summed E-state index contributed by atoms with van der Waals surface area (Å²) in [6.45, 7) is 6.37. The highest BCUT2D eigenvalue weighted by molar-refractivity contribution is 5.76. The van der Waals surface area contributed by atoms with E-state index in [2.05, 4.69) is 15.2 Å². The van der Waals surface area contributed by atoms with E-state index in [4.69, 9.17) is 4.74 Å². The van der Waals surface area contributed by atoms with E-state index in [-0.39, 0.29) is 12.1 Å². The van der Waals surface area contributed by atoms with Gasteiger partial charge in [-0.3, -0.25) is 5.10 Å². The number of pyridine rings is 1. The van der Waals surface area contributed by atoms with E-state index in [0.717, 1.165) is 29.6 Å². The third kappa shape index (κ3) is 3.10. The van der Waals surface area contributed by atoms with Gasteiger partial charge < -0.3 is 9.64 Å². The van der Waals surface area contributed by atoms with Crippen LogP contribution in [0.15, 0.2) is 24.5 Å². The zero-order chi connectivity index (χ0) is 15.7. The van der Waals surface area contributed by atoms with Crippen molar-refractivity contribution in [2.24, 2.45) is 0 Å². The Morgan fingerprint density at radius 3 is 2.95 bits per heavy atom. The van der Waals surface area contributed by atoms with E-state index in [1.165, 1.54) is 0 Å². The minimum Gasteiger partial charge on any atom is -0.444 e. The largest absolute Gasteiger partial charge is 0.444 e. The molecule has 0 spiro atoms. The number of nitrogens with zero attached hydrogens (tertiary/aromatic N) is 3. The molecule has 0 radical (unpaired) electrons. The van der Waals surface area contributed by atoms with Gasteiger partial charge in [0.2, 0.25) is 0 Å². The summed E-state index contributed by atoms with van der Waals surface area (Å²) in [5, 5.41) is 7.75. The van der Waals surface area contributed by atoms with Crippen LogP contribution in [-0.2, 0) is 4.74 Å². The number of nitrogens with one attached hydrogen (secondary N) is 1. The van der Waals surface area contributed by atoms with Crippen molar-refractivity contribution in [2.75, 3.05) is 6.54 Å². The molecule has 1 fully saturated rings. The van der Waals surface area contributed by atoms with Crippen molar-refractivity contribution in [3.63, 3.8) is 0 Å². The summed E-state index contributed by atoms with van der Waals surface area (Å²) in [5.41, 5.74) is 1.30. The monoisotopic (exact) mass is 300 g/mol. The SMILES string of the molecule is CC(C)(C)OC(=O)N1CCC1/C=C/c1cnc2[nH]ncc2c1. The van der Waals surface area contributed by atoms with E-state index in [1.807, 2.05) is 39.0 Å². The van der Waals surface area contributed by atoms with Crippen LogP contribution in [-0.4, -0.2) is 44.4 Å². The highest BCUT2D eigenvalue weighted by atomic mass is 16.6. The fourth-order valence-electron chi connectivity index (χ4n) is 2.32. The molecule has 0 bridgehead atoms. The van der Waals surface area contributed by atoms with Crippen LogP contribution in [0.5, 0.6) is 0 Å². The number of amides is 1. The smallest absolute Gasteiger partial charge is 0.410 e. The van der Waals surface area contributed by atoms with Gasteiger partial charge in [-0.1, -0.05) is 12.2 Å². The summed E-state index contributed by atoms with van der Waals surface area (Å²) in [4.78, 5) is 18.1. The number of aromatic amines is 1. The molecule has 3 heterocycles. The minimum absolute atomic E-state index is 0.0925. The molecule has 6 nitrogen and oxygen atoms in total. The van der Waals surface area contributed by atoms with Crippen molar-refractivity contribution >= 4 is 23.2 Å². The predicted molar refractivity (Wildman–Crippen MR) is 84.3 cm³/mol. The number of carbonyl (C=O) groups is 1. The van der Waals surface area contributed by atoms with E-state index in [0.29, 0.717) is 0 Å². The number of fused-ring (bicyclic) bond motifs is 1. The summed E-state index contributed by atoms with van der Waals surface area (Å²) < 4.78 is 5.40. The molecule has 3 rings (SSSR count). The van der Waals surface area contributed by atoms with Gasteiger partial charge in [0.15, 0.2) is 5.65 Å². The third-order valence-corrected chi connectivity index (χ3v) is 3.52. The topological polar surface area (TPSA) is 71.1 Å². The number of hydrogen-bond donors (Lipinski definition) is 1.